The number of rotatable bonds is 4. The summed E-state index contributed by atoms with van der Waals surface area (Å²) in [6.45, 7) is 2.57. The maximum Gasteiger partial charge on any atom is 0.213 e. The van der Waals surface area contributed by atoms with Crippen LogP contribution in [0.3, 0.4) is 0 Å². The Kier molecular flexibility index (Phi) is 3.44. The van der Waals surface area contributed by atoms with Crippen LogP contribution in [-0.4, -0.2) is 36.2 Å². The number of hydrogen-bond acceptors (Lipinski definition) is 6. The van der Waals surface area contributed by atoms with Gasteiger partial charge in [-0.15, -0.1) is 0 Å². The van der Waals surface area contributed by atoms with Gasteiger partial charge in [-0.1, -0.05) is 5.16 Å². The third-order valence-electron chi connectivity index (χ3n) is 2.03. The predicted molar refractivity (Wildman–Crippen MR) is 46.3 cm³/mol. The second-order valence-electron chi connectivity index (χ2n) is 3.08. The molecule has 0 aliphatic carbocycles. The van der Waals surface area contributed by atoms with Crippen molar-refractivity contribution in [3.05, 3.63) is 12.2 Å². The monoisotopic (exact) mass is 199 g/mol. The molecule has 2 heterocycles. The molecule has 6 heteroatoms. The first kappa shape index (κ1) is 9.57. The van der Waals surface area contributed by atoms with E-state index in [1.807, 2.05) is 0 Å². The van der Waals surface area contributed by atoms with Crippen LogP contribution in [0, 0.1) is 0 Å². The van der Waals surface area contributed by atoms with Gasteiger partial charge in [-0.3, -0.25) is 0 Å². The summed E-state index contributed by atoms with van der Waals surface area (Å²) in [6.07, 6.45) is 2.48. The number of ether oxygens (including phenoxy) is 2. The van der Waals surface area contributed by atoms with Crippen LogP contribution < -0.4 is 5.32 Å². The lowest BCUT2D eigenvalue weighted by Gasteiger charge is -2.22. The average molecular weight is 199 g/mol. The van der Waals surface area contributed by atoms with Gasteiger partial charge in [0.05, 0.1) is 19.3 Å². The van der Waals surface area contributed by atoms with Gasteiger partial charge in [-0.2, -0.15) is 4.98 Å². The van der Waals surface area contributed by atoms with Gasteiger partial charge in [-0.25, -0.2) is 0 Å². The zero-order valence-electron chi connectivity index (χ0n) is 7.81. The van der Waals surface area contributed by atoms with Gasteiger partial charge < -0.3 is 19.3 Å². The summed E-state index contributed by atoms with van der Waals surface area (Å²) in [5.41, 5.74) is 0. The van der Waals surface area contributed by atoms with E-state index in [1.165, 1.54) is 6.39 Å². The standard InChI is InChI=1S/C8H13N3O3/c1-2-12-6-13-7(1)3-9-4-8-10-5-14-11-8/h5,7,9H,1-4,6H2. The van der Waals surface area contributed by atoms with Crippen LogP contribution in [0.5, 0.6) is 0 Å². The van der Waals surface area contributed by atoms with Gasteiger partial charge in [0, 0.05) is 6.54 Å². The van der Waals surface area contributed by atoms with Crippen LogP contribution in [0.2, 0.25) is 0 Å². The quantitative estimate of drug-likeness (QED) is 0.731. The van der Waals surface area contributed by atoms with Crippen molar-refractivity contribution in [3.63, 3.8) is 0 Å². The van der Waals surface area contributed by atoms with Crippen molar-refractivity contribution in [2.45, 2.75) is 19.1 Å². The molecule has 1 aromatic rings. The van der Waals surface area contributed by atoms with Crippen LogP contribution in [0.1, 0.15) is 12.2 Å². The first-order chi connectivity index (χ1) is 6.95. The minimum atomic E-state index is 0.232. The zero-order chi connectivity index (χ0) is 9.64. The highest BCUT2D eigenvalue weighted by Crippen LogP contribution is 2.04. The topological polar surface area (TPSA) is 69.4 Å². The molecule has 1 unspecified atom stereocenters. The van der Waals surface area contributed by atoms with E-state index in [0.29, 0.717) is 19.2 Å². The first-order valence-electron chi connectivity index (χ1n) is 4.60. The third kappa shape index (κ3) is 2.76. The number of nitrogens with one attached hydrogen (secondary N) is 1. The summed E-state index contributed by atoms with van der Waals surface area (Å²) < 4.78 is 15.0. The van der Waals surface area contributed by atoms with Gasteiger partial charge in [0.1, 0.15) is 6.79 Å². The SMILES string of the molecule is c1nc(CNCC2CCOCO2)no1. The maximum absolute atomic E-state index is 5.35. The second-order valence-corrected chi connectivity index (χ2v) is 3.08. The Hall–Kier alpha value is -0.980. The molecule has 78 valence electrons. The largest absolute Gasteiger partial charge is 0.355 e. The number of nitrogens with zero attached hydrogens (tertiary/aromatic N) is 2. The van der Waals surface area contributed by atoms with E-state index >= 15 is 0 Å². The summed E-state index contributed by atoms with van der Waals surface area (Å²) in [7, 11) is 0. The summed E-state index contributed by atoms with van der Waals surface area (Å²) in [5.74, 6) is 0.664. The molecule has 1 saturated heterocycles. The molecule has 0 spiro atoms. The molecule has 0 bridgehead atoms. The van der Waals surface area contributed by atoms with E-state index in [-0.39, 0.29) is 6.10 Å². The van der Waals surface area contributed by atoms with Crippen LogP contribution >= 0.6 is 0 Å². The first-order valence-corrected chi connectivity index (χ1v) is 4.60. The Morgan fingerprint density at radius 3 is 3.29 bits per heavy atom. The molecule has 1 aromatic heterocycles. The highest BCUT2D eigenvalue weighted by Gasteiger charge is 2.13. The van der Waals surface area contributed by atoms with Crippen molar-refractivity contribution in [2.75, 3.05) is 19.9 Å². The van der Waals surface area contributed by atoms with E-state index in [2.05, 4.69) is 20.0 Å². The van der Waals surface area contributed by atoms with E-state index in [0.717, 1.165) is 19.6 Å². The van der Waals surface area contributed by atoms with Crippen LogP contribution in [0.25, 0.3) is 0 Å². The van der Waals surface area contributed by atoms with Crippen molar-refractivity contribution in [3.8, 4) is 0 Å². The summed E-state index contributed by atoms with van der Waals surface area (Å²) in [6, 6.07) is 0. The Morgan fingerprint density at radius 2 is 2.57 bits per heavy atom. The number of aromatic nitrogens is 2. The lowest BCUT2D eigenvalue weighted by molar-refractivity contribution is -0.137. The van der Waals surface area contributed by atoms with Gasteiger partial charge in [0.25, 0.3) is 0 Å². The molecule has 1 N–H and O–H groups in total. The molecule has 1 fully saturated rings. The fourth-order valence-corrected chi connectivity index (χ4v) is 1.28. The molecule has 0 amide bonds. The fourth-order valence-electron chi connectivity index (χ4n) is 1.28. The van der Waals surface area contributed by atoms with Gasteiger partial charge in [0.2, 0.25) is 6.39 Å². The Bertz CT molecular complexity index is 246. The van der Waals surface area contributed by atoms with Gasteiger partial charge in [-0.05, 0) is 6.42 Å². The lowest BCUT2D eigenvalue weighted by Crippen LogP contribution is -2.33. The highest BCUT2D eigenvalue weighted by molar-refractivity contribution is 4.77. The lowest BCUT2D eigenvalue weighted by atomic mass is 10.2. The summed E-state index contributed by atoms with van der Waals surface area (Å²) >= 11 is 0. The van der Waals surface area contributed by atoms with Crippen molar-refractivity contribution >= 4 is 0 Å². The fraction of sp³-hybridized carbons (Fsp3) is 0.750. The minimum absolute atomic E-state index is 0.232. The minimum Gasteiger partial charge on any atom is -0.355 e. The van der Waals surface area contributed by atoms with Crippen molar-refractivity contribution in [1.29, 1.82) is 0 Å². The van der Waals surface area contributed by atoms with Crippen molar-refractivity contribution < 1.29 is 14.0 Å². The second kappa shape index (κ2) is 5.04. The maximum atomic E-state index is 5.35. The molecule has 0 radical (unpaired) electrons. The molecule has 0 saturated carbocycles. The Morgan fingerprint density at radius 1 is 1.57 bits per heavy atom. The van der Waals surface area contributed by atoms with E-state index < -0.39 is 0 Å². The molecular weight excluding hydrogens is 186 g/mol. The highest BCUT2D eigenvalue weighted by atomic mass is 16.7. The number of hydrogen-bond donors (Lipinski definition) is 1. The summed E-state index contributed by atoms with van der Waals surface area (Å²) in [4.78, 5) is 3.89. The van der Waals surface area contributed by atoms with Crippen LogP contribution in [0.15, 0.2) is 10.9 Å². The molecule has 0 aromatic carbocycles. The van der Waals surface area contributed by atoms with E-state index in [9.17, 15) is 0 Å². The van der Waals surface area contributed by atoms with Crippen molar-refractivity contribution in [1.82, 2.24) is 15.5 Å². The molecule has 14 heavy (non-hydrogen) atoms. The van der Waals surface area contributed by atoms with Crippen LogP contribution in [-0.2, 0) is 16.0 Å². The molecule has 1 aliphatic heterocycles. The zero-order valence-corrected chi connectivity index (χ0v) is 7.81. The predicted octanol–water partition coefficient (Wildman–Crippen LogP) is -0.0778. The Labute approximate surface area is 81.6 Å². The van der Waals surface area contributed by atoms with Gasteiger partial charge >= 0.3 is 0 Å². The van der Waals surface area contributed by atoms with E-state index in [4.69, 9.17) is 9.47 Å². The normalized spacial score (nSPS) is 22.4. The van der Waals surface area contributed by atoms with Crippen LogP contribution in [0.4, 0.5) is 0 Å². The molecule has 6 nitrogen and oxygen atoms in total. The third-order valence-corrected chi connectivity index (χ3v) is 2.03. The summed E-state index contributed by atoms with van der Waals surface area (Å²) in [5, 5.41) is 6.88. The molecule has 2 rings (SSSR count). The van der Waals surface area contributed by atoms with Gasteiger partial charge in [0.15, 0.2) is 5.82 Å². The average Bonchev–Trinajstić information content (AvgIpc) is 2.72. The molecular formula is C8H13N3O3. The molecule has 1 aliphatic rings. The smallest absolute Gasteiger partial charge is 0.213 e. The van der Waals surface area contributed by atoms with E-state index in [1.54, 1.807) is 0 Å². The van der Waals surface area contributed by atoms with Crippen molar-refractivity contribution in [2.24, 2.45) is 0 Å². The molecule has 1 atom stereocenters. The Balaban J connectivity index is 1.62.